The van der Waals surface area contributed by atoms with Crippen molar-refractivity contribution in [1.82, 2.24) is 5.32 Å². The normalized spacial score (nSPS) is 27.5. The Morgan fingerprint density at radius 3 is 2.60 bits per heavy atom. The molecule has 0 aromatic carbocycles. The van der Waals surface area contributed by atoms with Gasteiger partial charge in [-0.3, -0.25) is 4.79 Å². The number of nitrogens with one attached hydrogen (secondary N) is 1. The summed E-state index contributed by atoms with van der Waals surface area (Å²) in [7, 11) is 0. The van der Waals surface area contributed by atoms with E-state index in [1.54, 1.807) is 0 Å². The van der Waals surface area contributed by atoms with Gasteiger partial charge in [0.15, 0.2) is 0 Å². The Bertz CT molecular complexity index is 215. The van der Waals surface area contributed by atoms with Crippen molar-refractivity contribution >= 4 is 5.97 Å². The largest absolute Gasteiger partial charge is 0.464 e. The molecule has 1 fully saturated rings. The highest BCUT2D eigenvalue weighted by molar-refractivity contribution is 5.75. The van der Waals surface area contributed by atoms with Crippen LogP contribution in [0.4, 0.5) is 0 Å². The first-order valence-corrected chi connectivity index (χ1v) is 5.56. The van der Waals surface area contributed by atoms with E-state index in [1.165, 1.54) is 0 Å². The molecule has 4 nitrogen and oxygen atoms in total. The van der Waals surface area contributed by atoms with Crippen LogP contribution in [0.3, 0.4) is 0 Å². The van der Waals surface area contributed by atoms with Gasteiger partial charge in [-0.25, -0.2) is 0 Å². The third kappa shape index (κ3) is 4.18. The van der Waals surface area contributed by atoms with Crippen molar-refractivity contribution in [3.63, 3.8) is 0 Å². The van der Waals surface area contributed by atoms with E-state index in [2.05, 4.69) is 5.32 Å². The van der Waals surface area contributed by atoms with Gasteiger partial charge >= 0.3 is 5.97 Å². The van der Waals surface area contributed by atoms with Crippen LogP contribution in [-0.2, 0) is 9.53 Å². The fourth-order valence-electron chi connectivity index (χ4n) is 1.47. The standard InChI is InChI=1S/C11H22N2O2/c1-11(2,3)10(14)15-7-9-5-4-8(12)6-13-9/h8-9,13H,4-7,12H2,1-3H3. The second kappa shape index (κ2) is 4.94. The van der Waals surface area contributed by atoms with Gasteiger partial charge in [0.2, 0.25) is 0 Å². The lowest BCUT2D eigenvalue weighted by Gasteiger charge is -2.28. The summed E-state index contributed by atoms with van der Waals surface area (Å²) < 4.78 is 5.24. The maximum absolute atomic E-state index is 11.5. The van der Waals surface area contributed by atoms with Crippen LogP contribution >= 0.6 is 0 Å². The first-order valence-electron chi connectivity index (χ1n) is 5.56. The molecule has 15 heavy (non-hydrogen) atoms. The molecule has 0 aromatic rings. The monoisotopic (exact) mass is 214 g/mol. The molecule has 4 heteroatoms. The fourth-order valence-corrected chi connectivity index (χ4v) is 1.47. The molecule has 0 bridgehead atoms. The number of carbonyl (C=O) groups is 1. The van der Waals surface area contributed by atoms with Crippen molar-refractivity contribution in [2.75, 3.05) is 13.2 Å². The molecular formula is C11H22N2O2. The predicted octanol–water partition coefficient (Wildman–Crippen LogP) is 0.655. The highest BCUT2D eigenvalue weighted by atomic mass is 16.5. The number of rotatable bonds is 2. The number of nitrogens with two attached hydrogens (primary N) is 1. The van der Waals surface area contributed by atoms with Crippen LogP contribution in [0.2, 0.25) is 0 Å². The average molecular weight is 214 g/mol. The van der Waals surface area contributed by atoms with Crippen molar-refractivity contribution < 1.29 is 9.53 Å². The van der Waals surface area contributed by atoms with Crippen molar-refractivity contribution in [3.05, 3.63) is 0 Å². The minimum atomic E-state index is -0.412. The summed E-state index contributed by atoms with van der Waals surface area (Å²) in [5.74, 6) is -0.140. The lowest BCUT2D eigenvalue weighted by atomic mass is 9.97. The molecular weight excluding hydrogens is 192 g/mol. The Morgan fingerprint density at radius 2 is 2.13 bits per heavy atom. The molecule has 3 N–H and O–H groups in total. The zero-order chi connectivity index (χ0) is 11.5. The Labute approximate surface area is 91.5 Å². The Balaban J connectivity index is 2.23. The summed E-state index contributed by atoms with van der Waals surface area (Å²) in [6.07, 6.45) is 1.99. The van der Waals surface area contributed by atoms with Gasteiger partial charge in [0.25, 0.3) is 0 Å². The highest BCUT2D eigenvalue weighted by Gasteiger charge is 2.25. The summed E-state index contributed by atoms with van der Waals surface area (Å²) in [6, 6.07) is 0.524. The number of hydrogen-bond acceptors (Lipinski definition) is 4. The van der Waals surface area contributed by atoms with Gasteiger partial charge < -0.3 is 15.8 Å². The van der Waals surface area contributed by atoms with E-state index in [0.29, 0.717) is 6.61 Å². The Hall–Kier alpha value is -0.610. The molecule has 1 aliphatic heterocycles. The van der Waals surface area contributed by atoms with E-state index in [0.717, 1.165) is 19.4 Å². The first-order chi connectivity index (χ1) is 6.89. The number of carbonyl (C=O) groups excluding carboxylic acids is 1. The molecule has 0 amide bonds. The van der Waals surface area contributed by atoms with Gasteiger partial charge in [-0.15, -0.1) is 0 Å². The van der Waals surface area contributed by atoms with Gasteiger partial charge in [0.05, 0.1) is 5.41 Å². The highest BCUT2D eigenvalue weighted by Crippen LogP contribution is 2.16. The van der Waals surface area contributed by atoms with Crippen LogP contribution in [0.25, 0.3) is 0 Å². The van der Waals surface area contributed by atoms with E-state index < -0.39 is 5.41 Å². The molecule has 1 heterocycles. The van der Waals surface area contributed by atoms with E-state index >= 15 is 0 Å². The smallest absolute Gasteiger partial charge is 0.311 e. The van der Waals surface area contributed by atoms with Crippen molar-refractivity contribution in [2.45, 2.75) is 45.7 Å². The maximum atomic E-state index is 11.5. The Morgan fingerprint density at radius 1 is 1.47 bits per heavy atom. The molecule has 0 saturated carbocycles. The zero-order valence-electron chi connectivity index (χ0n) is 9.88. The Kier molecular flexibility index (Phi) is 4.11. The third-order valence-corrected chi connectivity index (χ3v) is 2.58. The SMILES string of the molecule is CC(C)(C)C(=O)OCC1CCC(N)CN1. The number of esters is 1. The summed E-state index contributed by atoms with van der Waals surface area (Å²) in [4.78, 5) is 11.5. The van der Waals surface area contributed by atoms with Crippen molar-refractivity contribution in [1.29, 1.82) is 0 Å². The summed E-state index contributed by atoms with van der Waals surface area (Å²) in [5.41, 5.74) is 5.34. The molecule has 1 aliphatic rings. The fraction of sp³-hybridized carbons (Fsp3) is 0.909. The summed E-state index contributed by atoms with van der Waals surface area (Å²) >= 11 is 0. The van der Waals surface area contributed by atoms with Gasteiger partial charge in [0.1, 0.15) is 6.61 Å². The zero-order valence-corrected chi connectivity index (χ0v) is 9.88. The van der Waals surface area contributed by atoms with E-state index in [4.69, 9.17) is 10.5 Å². The maximum Gasteiger partial charge on any atom is 0.311 e. The minimum Gasteiger partial charge on any atom is -0.464 e. The van der Waals surface area contributed by atoms with Crippen molar-refractivity contribution in [2.24, 2.45) is 11.1 Å². The molecule has 0 aromatic heterocycles. The quantitative estimate of drug-likeness (QED) is 0.663. The first kappa shape index (κ1) is 12.5. The predicted molar refractivity (Wildman–Crippen MR) is 59.4 cm³/mol. The van der Waals surface area contributed by atoms with Crippen LogP contribution in [0.15, 0.2) is 0 Å². The van der Waals surface area contributed by atoms with Crippen molar-refractivity contribution in [3.8, 4) is 0 Å². The van der Waals surface area contributed by atoms with Crippen LogP contribution in [-0.4, -0.2) is 31.2 Å². The molecule has 1 rings (SSSR count). The lowest BCUT2D eigenvalue weighted by molar-refractivity contribution is -0.153. The van der Waals surface area contributed by atoms with Gasteiger partial charge in [-0.2, -0.15) is 0 Å². The molecule has 0 aliphatic carbocycles. The molecule has 88 valence electrons. The topological polar surface area (TPSA) is 64.3 Å². The average Bonchev–Trinajstić information content (AvgIpc) is 2.15. The van der Waals surface area contributed by atoms with E-state index in [-0.39, 0.29) is 18.1 Å². The number of hydrogen-bond donors (Lipinski definition) is 2. The minimum absolute atomic E-state index is 0.140. The molecule has 2 unspecified atom stereocenters. The van der Waals surface area contributed by atoms with E-state index in [9.17, 15) is 4.79 Å². The second-order valence-electron chi connectivity index (χ2n) is 5.29. The van der Waals surface area contributed by atoms with Gasteiger partial charge in [-0.05, 0) is 33.6 Å². The number of ether oxygens (including phenoxy) is 1. The lowest BCUT2D eigenvalue weighted by Crippen LogP contribution is -2.47. The van der Waals surface area contributed by atoms with Crippen LogP contribution < -0.4 is 11.1 Å². The molecule has 0 radical (unpaired) electrons. The second-order valence-corrected chi connectivity index (χ2v) is 5.29. The van der Waals surface area contributed by atoms with Crippen LogP contribution in [0.5, 0.6) is 0 Å². The molecule has 1 saturated heterocycles. The third-order valence-electron chi connectivity index (χ3n) is 2.58. The number of piperidine rings is 1. The van der Waals surface area contributed by atoms with Gasteiger partial charge in [-0.1, -0.05) is 0 Å². The van der Waals surface area contributed by atoms with Gasteiger partial charge in [0, 0.05) is 18.6 Å². The van der Waals surface area contributed by atoms with E-state index in [1.807, 2.05) is 20.8 Å². The van der Waals surface area contributed by atoms with Crippen LogP contribution in [0, 0.1) is 5.41 Å². The molecule has 0 spiro atoms. The summed E-state index contributed by atoms with van der Waals surface area (Å²) in [6.45, 7) is 6.86. The van der Waals surface area contributed by atoms with Crippen LogP contribution in [0.1, 0.15) is 33.6 Å². The summed E-state index contributed by atoms with van der Waals surface area (Å²) in [5, 5.41) is 3.27. The molecule has 2 atom stereocenters.